The van der Waals surface area contributed by atoms with Crippen LogP contribution >= 0.6 is 0 Å². The van der Waals surface area contributed by atoms with Crippen LogP contribution in [0.15, 0.2) is 6.07 Å². The standard InChI is InChI=1S/C16H29N5/c1-16(2,3)15-19-13(11-14(20-15)21-17)18-10-9-12-7-5-4-6-8-12/h11-12H,4-10,17H2,1-3H3,(H2,18,19,20,21). The highest BCUT2D eigenvalue weighted by molar-refractivity contribution is 5.47. The fourth-order valence-corrected chi connectivity index (χ4v) is 2.83. The Labute approximate surface area is 128 Å². The molecule has 0 saturated heterocycles. The predicted octanol–water partition coefficient (Wildman–Crippen LogP) is 3.44. The summed E-state index contributed by atoms with van der Waals surface area (Å²) < 4.78 is 0. The molecule has 0 unspecified atom stereocenters. The van der Waals surface area contributed by atoms with Crippen molar-refractivity contribution < 1.29 is 0 Å². The first kappa shape index (κ1) is 16.0. The van der Waals surface area contributed by atoms with Gasteiger partial charge >= 0.3 is 0 Å². The summed E-state index contributed by atoms with van der Waals surface area (Å²) in [6, 6.07) is 1.87. The first-order valence-electron chi connectivity index (χ1n) is 8.09. The molecule has 0 aromatic carbocycles. The largest absolute Gasteiger partial charge is 0.370 e. The zero-order valence-corrected chi connectivity index (χ0v) is 13.6. The number of hydrogen-bond acceptors (Lipinski definition) is 5. The van der Waals surface area contributed by atoms with E-state index in [9.17, 15) is 0 Å². The van der Waals surface area contributed by atoms with Crippen molar-refractivity contribution in [3.05, 3.63) is 11.9 Å². The smallest absolute Gasteiger partial charge is 0.145 e. The van der Waals surface area contributed by atoms with Crippen LogP contribution in [0.2, 0.25) is 0 Å². The van der Waals surface area contributed by atoms with Gasteiger partial charge in [-0.15, -0.1) is 0 Å². The molecule has 4 N–H and O–H groups in total. The van der Waals surface area contributed by atoms with E-state index in [2.05, 4.69) is 41.5 Å². The molecule has 0 aliphatic heterocycles. The van der Waals surface area contributed by atoms with Crippen molar-refractivity contribution in [1.82, 2.24) is 9.97 Å². The van der Waals surface area contributed by atoms with Gasteiger partial charge in [0.25, 0.3) is 0 Å². The van der Waals surface area contributed by atoms with Gasteiger partial charge in [0.05, 0.1) is 0 Å². The van der Waals surface area contributed by atoms with E-state index in [1.54, 1.807) is 0 Å². The Balaban J connectivity index is 1.95. The van der Waals surface area contributed by atoms with E-state index in [-0.39, 0.29) is 5.41 Å². The molecule has 1 aromatic heterocycles. The lowest BCUT2D eigenvalue weighted by Gasteiger charge is -2.22. The van der Waals surface area contributed by atoms with Crippen molar-refractivity contribution in [3.63, 3.8) is 0 Å². The van der Waals surface area contributed by atoms with E-state index in [1.807, 2.05) is 6.07 Å². The SMILES string of the molecule is CC(C)(C)c1nc(NN)cc(NCCC2CCCCC2)n1. The molecule has 0 amide bonds. The second-order valence-corrected chi connectivity index (χ2v) is 7.08. The van der Waals surface area contributed by atoms with Gasteiger partial charge in [0, 0.05) is 18.0 Å². The maximum atomic E-state index is 5.51. The topological polar surface area (TPSA) is 75.9 Å². The molecule has 5 heteroatoms. The van der Waals surface area contributed by atoms with E-state index in [4.69, 9.17) is 5.84 Å². The summed E-state index contributed by atoms with van der Waals surface area (Å²) in [7, 11) is 0. The normalized spacial score (nSPS) is 16.8. The molecule has 1 heterocycles. The van der Waals surface area contributed by atoms with Gasteiger partial charge in [0.2, 0.25) is 0 Å². The van der Waals surface area contributed by atoms with E-state index in [0.717, 1.165) is 24.1 Å². The van der Waals surface area contributed by atoms with Gasteiger partial charge < -0.3 is 10.7 Å². The van der Waals surface area contributed by atoms with E-state index >= 15 is 0 Å². The number of rotatable bonds is 5. The molecular weight excluding hydrogens is 262 g/mol. The first-order chi connectivity index (χ1) is 9.99. The Bertz CT molecular complexity index is 446. The Morgan fingerprint density at radius 3 is 2.43 bits per heavy atom. The van der Waals surface area contributed by atoms with Crippen molar-refractivity contribution in [2.75, 3.05) is 17.3 Å². The van der Waals surface area contributed by atoms with Gasteiger partial charge in [-0.25, -0.2) is 15.8 Å². The maximum absolute atomic E-state index is 5.51. The number of anilines is 2. The van der Waals surface area contributed by atoms with Gasteiger partial charge in [0.1, 0.15) is 17.5 Å². The minimum atomic E-state index is -0.0906. The third-order valence-corrected chi connectivity index (χ3v) is 4.13. The number of nitrogen functional groups attached to an aromatic ring is 1. The fourth-order valence-electron chi connectivity index (χ4n) is 2.83. The van der Waals surface area contributed by atoms with Crippen LogP contribution in [-0.2, 0) is 5.41 Å². The number of nitrogens with one attached hydrogen (secondary N) is 2. The lowest BCUT2D eigenvalue weighted by molar-refractivity contribution is 0.345. The zero-order chi connectivity index (χ0) is 15.3. The first-order valence-corrected chi connectivity index (χ1v) is 8.09. The molecule has 2 rings (SSSR count). The molecule has 1 aromatic rings. The number of hydrogen-bond donors (Lipinski definition) is 3. The Morgan fingerprint density at radius 2 is 1.81 bits per heavy atom. The summed E-state index contributed by atoms with van der Waals surface area (Å²) >= 11 is 0. The molecule has 0 bridgehead atoms. The zero-order valence-electron chi connectivity index (χ0n) is 13.6. The molecule has 1 fully saturated rings. The predicted molar refractivity (Wildman–Crippen MR) is 88.2 cm³/mol. The highest BCUT2D eigenvalue weighted by Gasteiger charge is 2.19. The second-order valence-electron chi connectivity index (χ2n) is 7.08. The molecule has 1 aliphatic rings. The van der Waals surface area contributed by atoms with Crippen LogP contribution in [-0.4, -0.2) is 16.5 Å². The lowest BCUT2D eigenvalue weighted by atomic mass is 9.87. The number of aromatic nitrogens is 2. The molecule has 0 spiro atoms. The minimum absolute atomic E-state index is 0.0906. The van der Waals surface area contributed by atoms with Crippen LogP contribution in [0.25, 0.3) is 0 Å². The van der Waals surface area contributed by atoms with Crippen LogP contribution in [0, 0.1) is 5.92 Å². The van der Waals surface area contributed by atoms with E-state index < -0.39 is 0 Å². The third-order valence-electron chi connectivity index (χ3n) is 4.13. The summed E-state index contributed by atoms with van der Waals surface area (Å²) in [6.45, 7) is 7.28. The fraction of sp³-hybridized carbons (Fsp3) is 0.750. The summed E-state index contributed by atoms with van der Waals surface area (Å²) in [5, 5.41) is 3.43. The minimum Gasteiger partial charge on any atom is -0.370 e. The average Bonchev–Trinajstić information content (AvgIpc) is 2.47. The third kappa shape index (κ3) is 4.84. The maximum Gasteiger partial charge on any atom is 0.145 e. The Hall–Kier alpha value is -1.36. The van der Waals surface area contributed by atoms with Crippen molar-refractivity contribution in [2.45, 2.75) is 64.7 Å². The highest BCUT2D eigenvalue weighted by Crippen LogP contribution is 2.26. The Kier molecular flexibility index (Phi) is 5.39. The van der Waals surface area contributed by atoms with E-state index in [0.29, 0.717) is 5.82 Å². The summed E-state index contributed by atoms with van der Waals surface area (Å²) in [6.07, 6.45) is 8.19. The van der Waals surface area contributed by atoms with Crippen molar-refractivity contribution >= 4 is 11.6 Å². The van der Waals surface area contributed by atoms with Crippen molar-refractivity contribution in [1.29, 1.82) is 0 Å². The van der Waals surface area contributed by atoms with Crippen LogP contribution in [0.3, 0.4) is 0 Å². The molecular formula is C16H29N5. The number of nitrogens with zero attached hydrogens (tertiary/aromatic N) is 2. The van der Waals surface area contributed by atoms with Crippen molar-refractivity contribution in [3.8, 4) is 0 Å². The van der Waals surface area contributed by atoms with Gasteiger partial charge in [-0.2, -0.15) is 0 Å². The highest BCUT2D eigenvalue weighted by atomic mass is 15.3. The molecule has 1 aliphatic carbocycles. The van der Waals surface area contributed by atoms with Gasteiger partial charge in [-0.05, 0) is 12.3 Å². The second kappa shape index (κ2) is 7.07. The quantitative estimate of drug-likeness (QED) is 0.572. The summed E-state index contributed by atoms with van der Waals surface area (Å²) in [5.74, 6) is 8.71. The van der Waals surface area contributed by atoms with Gasteiger partial charge in [-0.1, -0.05) is 52.9 Å². The lowest BCUT2D eigenvalue weighted by Crippen LogP contribution is -2.20. The van der Waals surface area contributed by atoms with Gasteiger partial charge in [-0.3, -0.25) is 0 Å². The number of hydrazine groups is 1. The van der Waals surface area contributed by atoms with Crippen LogP contribution in [0.5, 0.6) is 0 Å². The summed E-state index contributed by atoms with van der Waals surface area (Å²) in [5.41, 5.74) is 2.54. The molecule has 118 valence electrons. The molecule has 5 nitrogen and oxygen atoms in total. The summed E-state index contributed by atoms with van der Waals surface area (Å²) in [4.78, 5) is 9.05. The average molecular weight is 291 g/mol. The Morgan fingerprint density at radius 1 is 1.14 bits per heavy atom. The molecule has 0 radical (unpaired) electrons. The monoisotopic (exact) mass is 291 g/mol. The van der Waals surface area contributed by atoms with Crippen LogP contribution in [0.4, 0.5) is 11.6 Å². The van der Waals surface area contributed by atoms with Crippen molar-refractivity contribution in [2.24, 2.45) is 11.8 Å². The van der Waals surface area contributed by atoms with Crippen LogP contribution in [0.1, 0.15) is 65.1 Å². The van der Waals surface area contributed by atoms with Crippen LogP contribution < -0.4 is 16.6 Å². The molecule has 1 saturated carbocycles. The van der Waals surface area contributed by atoms with Gasteiger partial charge in [0.15, 0.2) is 0 Å². The van der Waals surface area contributed by atoms with E-state index in [1.165, 1.54) is 38.5 Å². The molecule has 0 atom stereocenters. The number of nitrogens with two attached hydrogens (primary N) is 1. The molecule has 21 heavy (non-hydrogen) atoms.